The molecule has 0 fully saturated rings. The Hall–Kier alpha value is -1.77. The summed E-state index contributed by atoms with van der Waals surface area (Å²) >= 11 is 0.777. The van der Waals surface area contributed by atoms with Crippen molar-refractivity contribution >= 4 is 33.7 Å². The van der Waals surface area contributed by atoms with Crippen molar-refractivity contribution in [2.45, 2.75) is 13.1 Å². The van der Waals surface area contributed by atoms with E-state index in [9.17, 15) is 22.8 Å². The molecule has 3 N–H and O–H groups in total. The summed E-state index contributed by atoms with van der Waals surface area (Å²) in [6.45, 7) is -0.00233. The number of nitrogens with two attached hydrogens (primary N) is 1. The van der Waals surface area contributed by atoms with Gasteiger partial charge in [-0.1, -0.05) is 0 Å². The normalized spacial score (nSPS) is 11.3. The Kier molecular flexibility index (Phi) is 4.64. The van der Waals surface area contributed by atoms with Crippen molar-refractivity contribution < 1.29 is 22.8 Å². The number of nitrogen functional groups attached to an aromatic ring is 1. The molecule has 0 unspecified atom stereocenters. The highest BCUT2D eigenvalue weighted by atomic mass is 32.1. The van der Waals surface area contributed by atoms with E-state index in [1.54, 1.807) is 0 Å². The van der Waals surface area contributed by atoms with Crippen LogP contribution in [0.5, 0.6) is 0 Å². The molecule has 1 aromatic rings. The number of rotatable bonds is 4. The molecule has 0 bridgehead atoms. The lowest BCUT2D eigenvalue weighted by Gasteiger charge is -2.20. The molecule has 1 amide bonds. The van der Waals surface area contributed by atoms with Gasteiger partial charge in [-0.2, -0.15) is 13.2 Å². The molecule has 0 aromatic carbocycles. The van der Waals surface area contributed by atoms with Crippen LogP contribution in [-0.4, -0.2) is 38.5 Å². The summed E-state index contributed by atoms with van der Waals surface area (Å²) < 4.78 is 37.3. The molecule has 0 atom stereocenters. The van der Waals surface area contributed by atoms with Crippen LogP contribution in [0, 0.1) is 0 Å². The van der Waals surface area contributed by atoms with Crippen molar-refractivity contribution in [3.8, 4) is 0 Å². The van der Waals surface area contributed by atoms with Gasteiger partial charge < -0.3 is 16.0 Å². The molecular formula is C11H14F3N3O2S. The number of nitrogens with zero attached hydrogens (tertiary/aromatic N) is 1. The van der Waals surface area contributed by atoms with Crippen LogP contribution in [0.25, 0.3) is 0 Å². The Morgan fingerprint density at radius 1 is 1.40 bits per heavy atom. The number of alkyl halides is 3. The molecule has 0 aliphatic carbocycles. The number of hydrogen-bond donors (Lipinski definition) is 2. The van der Waals surface area contributed by atoms with E-state index in [1.807, 2.05) is 0 Å². The molecule has 9 heteroatoms. The highest BCUT2D eigenvalue weighted by Crippen LogP contribution is 2.39. The number of thiophene rings is 1. The summed E-state index contributed by atoms with van der Waals surface area (Å²) in [7, 11) is 2.52. The maximum atomic E-state index is 12.4. The number of carbonyl (C=O) groups is 2. The zero-order valence-corrected chi connectivity index (χ0v) is 11.9. The predicted molar refractivity (Wildman–Crippen MR) is 71.5 cm³/mol. The summed E-state index contributed by atoms with van der Waals surface area (Å²) in [5.74, 6) is -1.03. The fourth-order valence-electron chi connectivity index (χ4n) is 1.65. The first-order valence-electron chi connectivity index (χ1n) is 5.51. The van der Waals surface area contributed by atoms with E-state index in [1.165, 1.54) is 21.0 Å². The van der Waals surface area contributed by atoms with Gasteiger partial charge in [0.15, 0.2) is 5.78 Å². The molecule has 20 heavy (non-hydrogen) atoms. The lowest BCUT2D eigenvalue weighted by molar-refractivity contribution is -0.119. The monoisotopic (exact) mass is 309 g/mol. The third-order valence-electron chi connectivity index (χ3n) is 2.46. The van der Waals surface area contributed by atoms with E-state index in [2.05, 4.69) is 5.32 Å². The Morgan fingerprint density at radius 3 is 2.35 bits per heavy atom. The van der Waals surface area contributed by atoms with Gasteiger partial charge in [0.05, 0.1) is 16.1 Å². The summed E-state index contributed by atoms with van der Waals surface area (Å²) in [5.41, 5.74) is 5.51. The van der Waals surface area contributed by atoms with Crippen molar-refractivity contribution in [2.75, 3.05) is 31.3 Å². The first kappa shape index (κ1) is 16.3. The number of carbonyl (C=O) groups excluding carboxylic acids is 2. The number of ketones is 1. The van der Waals surface area contributed by atoms with Gasteiger partial charge in [0.1, 0.15) is 11.5 Å². The topological polar surface area (TPSA) is 75.4 Å². The fraction of sp³-hybridized carbons (Fsp3) is 0.455. The number of halogens is 3. The maximum Gasteiger partial charge on any atom is 0.405 e. The minimum atomic E-state index is -4.43. The molecule has 112 valence electrons. The number of Topliss-reactive ketones (excluding diaryl/α,β-unsaturated/α-hetero) is 1. The van der Waals surface area contributed by atoms with Gasteiger partial charge in [0, 0.05) is 21.0 Å². The van der Waals surface area contributed by atoms with Crippen LogP contribution in [0.3, 0.4) is 0 Å². The van der Waals surface area contributed by atoms with Gasteiger partial charge in [0.25, 0.3) is 5.91 Å². The maximum absolute atomic E-state index is 12.4. The number of nitrogens with one attached hydrogen (secondary N) is 1. The van der Waals surface area contributed by atoms with Crippen LogP contribution in [0.1, 0.15) is 27.0 Å². The largest absolute Gasteiger partial charge is 0.405 e. The molecular weight excluding hydrogens is 295 g/mol. The average Bonchev–Trinajstić information content (AvgIpc) is 2.64. The Bertz CT molecular complexity index is 540. The number of hydrogen-bond acceptors (Lipinski definition) is 5. The molecule has 0 radical (unpaired) electrons. The van der Waals surface area contributed by atoms with E-state index in [0.717, 1.165) is 16.2 Å². The smallest absolute Gasteiger partial charge is 0.397 e. The lowest BCUT2D eigenvalue weighted by Crippen LogP contribution is -2.32. The number of anilines is 2. The van der Waals surface area contributed by atoms with E-state index >= 15 is 0 Å². The van der Waals surface area contributed by atoms with Gasteiger partial charge in [-0.3, -0.25) is 9.59 Å². The molecule has 0 aliphatic heterocycles. The average molecular weight is 309 g/mol. The molecule has 0 spiro atoms. The molecule has 0 saturated heterocycles. The van der Waals surface area contributed by atoms with Crippen molar-refractivity contribution in [3.63, 3.8) is 0 Å². The number of amides is 1. The molecule has 1 heterocycles. The standard InChI is InChI=1S/C11H14F3N3O2S/c1-5(18)8-7(15)6(9(19)16-2)10(20-8)17(3)4-11(12,13)14/h4,15H2,1-3H3,(H,16,19). The first-order valence-corrected chi connectivity index (χ1v) is 6.33. The van der Waals surface area contributed by atoms with Gasteiger partial charge >= 0.3 is 6.18 Å². The summed E-state index contributed by atoms with van der Waals surface area (Å²) in [6, 6.07) is 0. The van der Waals surface area contributed by atoms with Gasteiger partial charge in [-0.05, 0) is 0 Å². The fourth-order valence-corrected chi connectivity index (χ4v) is 2.72. The van der Waals surface area contributed by atoms with Crippen molar-refractivity contribution in [2.24, 2.45) is 0 Å². The predicted octanol–water partition coefficient (Wildman–Crippen LogP) is 1.89. The molecule has 0 aliphatic rings. The third-order valence-corrected chi connectivity index (χ3v) is 3.88. The van der Waals surface area contributed by atoms with Crippen LogP contribution in [0.15, 0.2) is 0 Å². The minimum Gasteiger partial charge on any atom is -0.397 e. The second-order valence-corrected chi connectivity index (χ2v) is 5.13. The van der Waals surface area contributed by atoms with Crippen LogP contribution in [-0.2, 0) is 0 Å². The molecule has 0 saturated carbocycles. The highest BCUT2D eigenvalue weighted by molar-refractivity contribution is 7.19. The van der Waals surface area contributed by atoms with Crippen LogP contribution in [0.4, 0.5) is 23.9 Å². The van der Waals surface area contributed by atoms with E-state index in [-0.39, 0.29) is 21.1 Å². The van der Waals surface area contributed by atoms with Crippen molar-refractivity contribution in [3.05, 3.63) is 10.4 Å². The second kappa shape index (κ2) is 5.70. The Morgan fingerprint density at radius 2 is 1.95 bits per heavy atom. The summed E-state index contributed by atoms with van der Waals surface area (Å²) in [5, 5.41) is 2.32. The van der Waals surface area contributed by atoms with Crippen molar-refractivity contribution in [1.29, 1.82) is 0 Å². The summed E-state index contributed by atoms with van der Waals surface area (Å²) in [4.78, 5) is 24.1. The van der Waals surface area contributed by atoms with Crippen molar-refractivity contribution in [1.82, 2.24) is 5.32 Å². The van der Waals surface area contributed by atoms with Crippen LogP contribution < -0.4 is 16.0 Å². The SMILES string of the molecule is CNC(=O)c1c(N(C)CC(F)(F)F)sc(C(C)=O)c1N. The van der Waals surface area contributed by atoms with Gasteiger partial charge in [-0.15, -0.1) is 11.3 Å². The minimum absolute atomic E-state index is 0.0179. The molecule has 1 rings (SSSR count). The van der Waals surface area contributed by atoms with E-state index in [4.69, 9.17) is 5.73 Å². The lowest BCUT2D eigenvalue weighted by atomic mass is 10.2. The first-order chi connectivity index (χ1) is 9.08. The van der Waals surface area contributed by atoms with E-state index in [0.29, 0.717) is 0 Å². The van der Waals surface area contributed by atoms with Gasteiger partial charge in [-0.25, -0.2) is 0 Å². The molecule has 5 nitrogen and oxygen atoms in total. The van der Waals surface area contributed by atoms with Crippen LogP contribution in [0.2, 0.25) is 0 Å². The zero-order valence-electron chi connectivity index (χ0n) is 11.1. The Labute approximate surface area is 117 Å². The quantitative estimate of drug-likeness (QED) is 0.833. The summed E-state index contributed by atoms with van der Waals surface area (Å²) in [6.07, 6.45) is -4.43. The Balaban J connectivity index is 3.34. The second-order valence-electron chi connectivity index (χ2n) is 4.13. The highest BCUT2D eigenvalue weighted by Gasteiger charge is 2.33. The third kappa shape index (κ3) is 3.41. The molecule has 1 aromatic heterocycles. The van der Waals surface area contributed by atoms with Gasteiger partial charge in [0.2, 0.25) is 0 Å². The zero-order chi connectivity index (χ0) is 15.7. The van der Waals surface area contributed by atoms with Crippen LogP contribution >= 0.6 is 11.3 Å². The van der Waals surface area contributed by atoms with E-state index < -0.39 is 24.4 Å².